The maximum absolute atomic E-state index is 5.84. The third-order valence-corrected chi connectivity index (χ3v) is 3.73. The van der Waals surface area contributed by atoms with Gasteiger partial charge >= 0.3 is 0 Å². The smallest absolute Gasteiger partial charge is 0.0746 e. The molecule has 0 amide bonds. The molecule has 0 bridgehead atoms. The van der Waals surface area contributed by atoms with Crippen molar-refractivity contribution in [3.8, 4) is 0 Å². The summed E-state index contributed by atoms with van der Waals surface area (Å²) in [6.45, 7) is 4.50. The molecule has 3 fully saturated rings. The Morgan fingerprint density at radius 1 is 1.23 bits per heavy atom. The molecule has 1 aliphatic carbocycles. The summed E-state index contributed by atoms with van der Waals surface area (Å²) in [5.41, 5.74) is 0. The van der Waals surface area contributed by atoms with E-state index in [1.807, 2.05) is 0 Å². The van der Waals surface area contributed by atoms with Gasteiger partial charge in [0.25, 0.3) is 0 Å². The first-order valence-electron chi connectivity index (χ1n) is 5.54. The number of piperazine rings is 1. The Balaban J connectivity index is 1.82. The number of ether oxygens (including phenoxy) is 1. The van der Waals surface area contributed by atoms with Crippen LogP contribution in [0.1, 0.15) is 19.3 Å². The van der Waals surface area contributed by atoms with Gasteiger partial charge in [-0.3, -0.25) is 4.90 Å². The largest absolute Gasteiger partial charge is 0.375 e. The molecule has 74 valence electrons. The van der Waals surface area contributed by atoms with E-state index in [1.165, 1.54) is 32.4 Å². The molecule has 3 aliphatic rings. The van der Waals surface area contributed by atoms with Crippen LogP contribution in [-0.4, -0.2) is 49.3 Å². The molecule has 0 unspecified atom stereocenters. The van der Waals surface area contributed by atoms with Crippen LogP contribution in [0, 0.1) is 0 Å². The summed E-state index contributed by atoms with van der Waals surface area (Å²) in [6, 6.07) is 1.41. The van der Waals surface area contributed by atoms with E-state index in [4.69, 9.17) is 4.74 Å². The van der Waals surface area contributed by atoms with E-state index in [9.17, 15) is 0 Å². The van der Waals surface area contributed by atoms with Gasteiger partial charge in [-0.2, -0.15) is 0 Å². The topological polar surface area (TPSA) is 24.5 Å². The van der Waals surface area contributed by atoms with Crippen LogP contribution >= 0.6 is 0 Å². The maximum atomic E-state index is 5.84. The summed E-state index contributed by atoms with van der Waals surface area (Å²) >= 11 is 0. The van der Waals surface area contributed by atoms with Crippen molar-refractivity contribution in [1.29, 1.82) is 0 Å². The minimum atomic E-state index is 0.528. The molecule has 0 spiro atoms. The standard InChI is InChI=1S/C10H18N2O/c1-2-8-10-9(3-1)13-7-6-12(10)5-4-11-8/h8-11H,1-7H2/t8-,9-,10+/m1/s1. The van der Waals surface area contributed by atoms with Crippen LogP contribution < -0.4 is 5.32 Å². The van der Waals surface area contributed by atoms with Crippen molar-refractivity contribution >= 4 is 0 Å². The average molecular weight is 182 g/mol. The van der Waals surface area contributed by atoms with Crippen molar-refractivity contribution in [2.45, 2.75) is 37.5 Å². The van der Waals surface area contributed by atoms with Crippen molar-refractivity contribution in [3.05, 3.63) is 0 Å². The third kappa shape index (κ3) is 1.30. The van der Waals surface area contributed by atoms with Crippen LogP contribution in [0.15, 0.2) is 0 Å². The van der Waals surface area contributed by atoms with Gasteiger partial charge in [-0.1, -0.05) is 0 Å². The van der Waals surface area contributed by atoms with E-state index < -0.39 is 0 Å². The molecule has 3 heteroatoms. The molecule has 0 radical (unpaired) electrons. The van der Waals surface area contributed by atoms with Crippen molar-refractivity contribution in [1.82, 2.24) is 10.2 Å². The molecule has 3 nitrogen and oxygen atoms in total. The number of nitrogens with one attached hydrogen (secondary N) is 1. The lowest BCUT2D eigenvalue weighted by Gasteiger charge is -2.51. The number of hydrogen-bond donors (Lipinski definition) is 1. The monoisotopic (exact) mass is 182 g/mol. The zero-order valence-corrected chi connectivity index (χ0v) is 8.04. The summed E-state index contributed by atoms with van der Waals surface area (Å²) in [6.07, 6.45) is 4.49. The van der Waals surface area contributed by atoms with Crippen molar-refractivity contribution < 1.29 is 4.74 Å². The Hall–Kier alpha value is -0.120. The molecular weight excluding hydrogens is 164 g/mol. The van der Waals surface area contributed by atoms with Crippen LogP contribution in [0.4, 0.5) is 0 Å². The lowest BCUT2D eigenvalue weighted by Crippen LogP contribution is -2.67. The maximum Gasteiger partial charge on any atom is 0.0746 e. The molecule has 2 aliphatic heterocycles. The van der Waals surface area contributed by atoms with Crippen LogP contribution in [0.2, 0.25) is 0 Å². The van der Waals surface area contributed by atoms with Crippen molar-refractivity contribution in [2.24, 2.45) is 0 Å². The highest BCUT2D eigenvalue weighted by molar-refractivity contribution is 4.99. The normalized spacial score (nSPS) is 45.7. The fraction of sp³-hybridized carbons (Fsp3) is 1.00. The van der Waals surface area contributed by atoms with E-state index in [2.05, 4.69) is 10.2 Å². The second-order valence-electron chi connectivity index (χ2n) is 4.43. The number of hydrogen-bond acceptors (Lipinski definition) is 3. The van der Waals surface area contributed by atoms with Gasteiger partial charge in [0, 0.05) is 25.7 Å². The quantitative estimate of drug-likeness (QED) is 0.579. The van der Waals surface area contributed by atoms with Crippen molar-refractivity contribution in [2.75, 3.05) is 26.2 Å². The van der Waals surface area contributed by atoms with E-state index in [0.29, 0.717) is 18.2 Å². The van der Waals surface area contributed by atoms with Gasteiger partial charge in [0.2, 0.25) is 0 Å². The molecule has 2 saturated heterocycles. The average Bonchev–Trinajstić information content (AvgIpc) is 2.19. The first-order chi connectivity index (χ1) is 6.45. The highest BCUT2D eigenvalue weighted by atomic mass is 16.5. The van der Waals surface area contributed by atoms with Gasteiger partial charge in [-0.15, -0.1) is 0 Å². The first-order valence-corrected chi connectivity index (χ1v) is 5.54. The van der Waals surface area contributed by atoms with E-state index in [-0.39, 0.29) is 0 Å². The molecule has 0 aromatic heterocycles. The number of nitrogens with zero attached hydrogens (tertiary/aromatic N) is 1. The third-order valence-electron chi connectivity index (χ3n) is 3.73. The summed E-state index contributed by atoms with van der Waals surface area (Å²) in [7, 11) is 0. The Kier molecular flexibility index (Phi) is 2.04. The molecular formula is C10H18N2O. The summed E-state index contributed by atoms with van der Waals surface area (Å²) in [5.74, 6) is 0. The lowest BCUT2D eigenvalue weighted by atomic mass is 9.84. The van der Waals surface area contributed by atoms with E-state index >= 15 is 0 Å². The Morgan fingerprint density at radius 2 is 2.23 bits per heavy atom. The fourth-order valence-corrected chi connectivity index (χ4v) is 3.16. The summed E-state index contributed by atoms with van der Waals surface area (Å²) in [4.78, 5) is 2.63. The van der Waals surface area contributed by atoms with Crippen LogP contribution in [0.3, 0.4) is 0 Å². The van der Waals surface area contributed by atoms with Gasteiger partial charge in [0.05, 0.1) is 18.8 Å². The number of rotatable bonds is 0. The second kappa shape index (κ2) is 3.23. The fourth-order valence-electron chi connectivity index (χ4n) is 3.16. The predicted molar refractivity (Wildman–Crippen MR) is 50.7 cm³/mol. The van der Waals surface area contributed by atoms with Crippen LogP contribution in [-0.2, 0) is 4.74 Å². The van der Waals surface area contributed by atoms with Gasteiger partial charge in [0.1, 0.15) is 0 Å². The Labute approximate surface area is 79.4 Å². The second-order valence-corrected chi connectivity index (χ2v) is 4.43. The highest BCUT2D eigenvalue weighted by Gasteiger charge is 2.41. The summed E-state index contributed by atoms with van der Waals surface area (Å²) < 4.78 is 5.84. The number of morpholine rings is 1. The predicted octanol–water partition coefficient (Wildman–Crippen LogP) is 0.211. The highest BCUT2D eigenvalue weighted by Crippen LogP contribution is 2.30. The van der Waals surface area contributed by atoms with Crippen LogP contribution in [0.5, 0.6) is 0 Å². The molecule has 3 atom stereocenters. The minimum Gasteiger partial charge on any atom is -0.375 e. The van der Waals surface area contributed by atoms with Gasteiger partial charge in [-0.25, -0.2) is 0 Å². The zero-order valence-electron chi connectivity index (χ0n) is 8.04. The van der Waals surface area contributed by atoms with Gasteiger partial charge < -0.3 is 10.1 Å². The van der Waals surface area contributed by atoms with E-state index in [0.717, 1.165) is 13.2 Å². The van der Waals surface area contributed by atoms with E-state index in [1.54, 1.807) is 0 Å². The van der Waals surface area contributed by atoms with Crippen LogP contribution in [0.25, 0.3) is 0 Å². The Morgan fingerprint density at radius 3 is 3.23 bits per heavy atom. The van der Waals surface area contributed by atoms with Gasteiger partial charge in [0.15, 0.2) is 0 Å². The molecule has 1 saturated carbocycles. The van der Waals surface area contributed by atoms with Gasteiger partial charge in [-0.05, 0) is 19.3 Å². The molecule has 0 aromatic rings. The molecule has 1 N–H and O–H groups in total. The molecule has 13 heavy (non-hydrogen) atoms. The zero-order chi connectivity index (χ0) is 8.67. The van der Waals surface area contributed by atoms with Crippen molar-refractivity contribution in [3.63, 3.8) is 0 Å². The SMILES string of the molecule is C1C[C@H]2NCCN3CCO[C@H](C1)[C@H]23. The minimum absolute atomic E-state index is 0.528. The molecule has 0 aromatic carbocycles. The molecule has 3 rings (SSSR count). The Bertz CT molecular complexity index is 152. The summed E-state index contributed by atoms with van der Waals surface area (Å²) in [5, 5.41) is 3.63. The molecule has 2 heterocycles. The lowest BCUT2D eigenvalue weighted by molar-refractivity contribution is -0.109. The first kappa shape index (κ1) is 8.21.